The van der Waals surface area contributed by atoms with Crippen LogP contribution in [0, 0.1) is 6.92 Å². The van der Waals surface area contributed by atoms with Gasteiger partial charge in [-0.25, -0.2) is 0 Å². The summed E-state index contributed by atoms with van der Waals surface area (Å²) in [6.45, 7) is 4.08. The van der Waals surface area contributed by atoms with E-state index in [0.29, 0.717) is 11.3 Å². The van der Waals surface area contributed by atoms with Gasteiger partial charge in [0.05, 0.1) is 17.0 Å². The van der Waals surface area contributed by atoms with Gasteiger partial charge in [0.2, 0.25) is 0 Å². The molecule has 2 heterocycles. The number of para-hydroxylation sites is 2. The van der Waals surface area contributed by atoms with Crippen molar-refractivity contribution in [1.82, 2.24) is 0 Å². The lowest BCUT2D eigenvalue weighted by atomic mass is 9.99. The number of ether oxygens (including phenoxy) is 1. The molecule has 5 heteroatoms. The molecule has 0 bridgehead atoms. The van der Waals surface area contributed by atoms with Crippen LogP contribution >= 0.6 is 11.8 Å². The second kappa shape index (κ2) is 9.12. The summed E-state index contributed by atoms with van der Waals surface area (Å²) in [6.07, 6.45) is 3.89. The van der Waals surface area contributed by atoms with E-state index in [1.165, 1.54) is 10.6 Å². The van der Waals surface area contributed by atoms with E-state index in [1.54, 1.807) is 11.8 Å². The monoisotopic (exact) mass is 452 g/mol. The first-order valence-corrected chi connectivity index (χ1v) is 11.9. The van der Waals surface area contributed by atoms with Crippen LogP contribution < -0.4 is 9.75 Å². The maximum Gasteiger partial charge on any atom is 0.280 e. The first-order valence-electron chi connectivity index (χ1n) is 10.9. The summed E-state index contributed by atoms with van der Waals surface area (Å²) in [7, 11) is 0. The lowest BCUT2D eigenvalue weighted by Gasteiger charge is -2.23. The van der Waals surface area contributed by atoms with E-state index in [4.69, 9.17) is 9.84 Å². The van der Waals surface area contributed by atoms with Gasteiger partial charge in [0, 0.05) is 16.2 Å². The molecule has 0 spiro atoms. The molecule has 0 radical (unpaired) electrons. The zero-order chi connectivity index (χ0) is 22.8. The van der Waals surface area contributed by atoms with Crippen molar-refractivity contribution in [1.29, 1.82) is 0 Å². The van der Waals surface area contributed by atoms with Crippen molar-refractivity contribution in [2.24, 2.45) is 5.10 Å². The van der Waals surface area contributed by atoms with E-state index < -0.39 is 0 Å². The number of hydrazone groups is 1. The highest BCUT2D eigenvalue weighted by molar-refractivity contribution is 8.00. The molecule has 0 fully saturated rings. The minimum atomic E-state index is -0.156. The predicted molar refractivity (Wildman–Crippen MR) is 136 cm³/mol. The molecular formula is C28H24N2O2S. The van der Waals surface area contributed by atoms with Crippen LogP contribution in [0.4, 0.5) is 5.69 Å². The highest BCUT2D eigenvalue weighted by atomic mass is 32.2. The minimum absolute atomic E-state index is 0.118. The Labute approximate surface area is 198 Å². The number of rotatable bonds is 5. The molecule has 0 aliphatic carbocycles. The number of carbonyl (C=O) groups is 1. The molecule has 1 unspecified atom stereocenters. The van der Waals surface area contributed by atoms with Crippen molar-refractivity contribution >= 4 is 35.1 Å². The largest absolute Gasteiger partial charge is 0.485 e. The van der Waals surface area contributed by atoms with Gasteiger partial charge in [-0.2, -0.15) is 10.1 Å². The van der Waals surface area contributed by atoms with Crippen molar-refractivity contribution in [2.75, 3.05) is 10.8 Å². The van der Waals surface area contributed by atoms with E-state index in [2.05, 4.69) is 37.3 Å². The smallest absolute Gasteiger partial charge is 0.280 e. The molecule has 0 saturated carbocycles. The zero-order valence-corrected chi connectivity index (χ0v) is 19.4. The lowest BCUT2D eigenvalue weighted by molar-refractivity contribution is -0.114. The minimum Gasteiger partial charge on any atom is -0.485 e. The highest BCUT2D eigenvalue weighted by Gasteiger charge is 2.32. The van der Waals surface area contributed by atoms with Crippen LogP contribution in [0.3, 0.4) is 0 Å². The Bertz CT molecular complexity index is 1280. The quantitative estimate of drug-likeness (QED) is 0.338. The van der Waals surface area contributed by atoms with Gasteiger partial charge in [-0.1, -0.05) is 54.1 Å². The van der Waals surface area contributed by atoms with Gasteiger partial charge in [0.1, 0.15) is 11.9 Å². The number of amides is 1. The van der Waals surface area contributed by atoms with Gasteiger partial charge < -0.3 is 4.74 Å². The SMILES string of the molecule is Cc1ccc(SCC2=NN(c3ccccc3)C(=O)C2=CC2=Cc3ccccc3OC2C)cc1. The van der Waals surface area contributed by atoms with Crippen LogP contribution in [0.5, 0.6) is 5.75 Å². The fourth-order valence-corrected chi connectivity index (χ4v) is 4.67. The van der Waals surface area contributed by atoms with Gasteiger partial charge in [-0.15, -0.1) is 11.8 Å². The van der Waals surface area contributed by atoms with Gasteiger partial charge >= 0.3 is 0 Å². The molecule has 0 aromatic heterocycles. The molecule has 2 aliphatic heterocycles. The first-order chi connectivity index (χ1) is 16.1. The summed E-state index contributed by atoms with van der Waals surface area (Å²) in [5.74, 6) is 1.34. The van der Waals surface area contributed by atoms with Crippen LogP contribution in [-0.2, 0) is 4.79 Å². The summed E-state index contributed by atoms with van der Waals surface area (Å²) < 4.78 is 6.09. The topological polar surface area (TPSA) is 41.9 Å². The number of anilines is 1. The normalized spacial score (nSPS) is 18.6. The molecule has 3 aromatic carbocycles. The molecule has 0 saturated heterocycles. The van der Waals surface area contributed by atoms with Crippen LogP contribution in [0.1, 0.15) is 18.1 Å². The van der Waals surface area contributed by atoms with Gasteiger partial charge in [-0.3, -0.25) is 4.79 Å². The Morgan fingerprint density at radius 1 is 1.00 bits per heavy atom. The maximum atomic E-state index is 13.5. The summed E-state index contributed by atoms with van der Waals surface area (Å²) in [4.78, 5) is 14.6. The van der Waals surface area contributed by atoms with Crippen LogP contribution in [0.15, 0.2) is 106 Å². The first kappa shape index (κ1) is 21.3. The molecule has 0 N–H and O–H groups in total. The molecular weight excluding hydrogens is 428 g/mol. The number of fused-ring (bicyclic) bond motifs is 1. The Morgan fingerprint density at radius 2 is 1.73 bits per heavy atom. The number of aryl methyl sites for hydroxylation is 1. The number of nitrogens with zero attached hydrogens (tertiary/aromatic N) is 2. The number of carbonyl (C=O) groups excluding carboxylic acids is 1. The van der Waals surface area contributed by atoms with Crippen LogP contribution in [0.25, 0.3) is 6.08 Å². The Morgan fingerprint density at radius 3 is 2.52 bits per heavy atom. The fourth-order valence-electron chi connectivity index (χ4n) is 3.83. The number of hydrogen-bond donors (Lipinski definition) is 0. The van der Waals surface area contributed by atoms with E-state index >= 15 is 0 Å². The molecule has 1 atom stereocenters. The Kier molecular flexibility index (Phi) is 5.88. The fraction of sp³-hybridized carbons (Fsp3) is 0.143. The summed E-state index contributed by atoms with van der Waals surface area (Å²) in [5.41, 5.74) is 5.33. The van der Waals surface area contributed by atoms with Crippen molar-refractivity contribution < 1.29 is 9.53 Å². The van der Waals surface area contributed by atoms with Crippen molar-refractivity contribution in [3.63, 3.8) is 0 Å². The molecule has 4 nitrogen and oxygen atoms in total. The van der Waals surface area contributed by atoms with Crippen molar-refractivity contribution in [3.8, 4) is 5.75 Å². The lowest BCUT2D eigenvalue weighted by Crippen LogP contribution is -2.23. The van der Waals surface area contributed by atoms with Crippen molar-refractivity contribution in [2.45, 2.75) is 24.8 Å². The Hall–Kier alpha value is -3.57. The van der Waals surface area contributed by atoms with Crippen LogP contribution in [0.2, 0.25) is 0 Å². The second-order valence-corrected chi connectivity index (χ2v) is 9.15. The van der Waals surface area contributed by atoms with Gasteiger partial charge in [-0.05, 0) is 61.9 Å². The number of hydrogen-bond acceptors (Lipinski definition) is 4. The third-order valence-corrected chi connectivity index (χ3v) is 6.70. The molecule has 2 aliphatic rings. The summed E-state index contributed by atoms with van der Waals surface area (Å²) in [5, 5.41) is 6.23. The average Bonchev–Trinajstić information content (AvgIpc) is 3.15. The van der Waals surface area contributed by atoms with Gasteiger partial charge in [0.15, 0.2) is 0 Å². The Balaban J connectivity index is 1.49. The zero-order valence-electron chi connectivity index (χ0n) is 18.6. The third kappa shape index (κ3) is 4.50. The molecule has 5 rings (SSSR count). The average molecular weight is 453 g/mol. The van der Waals surface area contributed by atoms with E-state index in [0.717, 1.165) is 33.2 Å². The van der Waals surface area contributed by atoms with Crippen LogP contribution in [-0.4, -0.2) is 23.5 Å². The van der Waals surface area contributed by atoms with Crippen molar-refractivity contribution in [3.05, 3.63) is 107 Å². The van der Waals surface area contributed by atoms with E-state index in [-0.39, 0.29) is 12.0 Å². The molecule has 1 amide bonds. The molecule has 33 heavy (non-hydrogen) atoms. The maximum absolute atomic E-state index is 13.5. The van der Waals surface area contributed by atoms with E-state index in [9.17, 15) is 4.79 Å². The third-order valence-electron chi connectivity index (χ3n) is 5.68. The standard InChI is InChI=1S/C28H24N2O2S/c1-19-12-14-24(15-13-19)33-18-26-25(28(31)30(29-26)23-9-4-3-5-10-23)17-22-16-21-8-6-7-11-27(21)32-20(22)2/h3-17,20H,18H2,1-2H3. The summed E-state index contributed by atoms with van der Waals surface area (Å²) in [6, 6.07) is 25.9. The molecule has 164 valence electrons. The predicted octanol–water partition coefficient (Wildman–Crippen LogP) is 6.28. The number of thioether (sulfide) groups is 1. The highest BCUT2D eigenvalue weighted by Crippen LogP contribution is 2.33. The van der Waals surface area contributed by atoms with Gasteiger partial charge in [0.25, 0.3) is 5.91 Å². The second-order valence-electron chi connectivity index (χ2n) is 8.10. The summed E-state index contributed by atoms with van der Waals surface area (Å²) >= 11 is 1.68. The molecule has 3 aromatic rings. The van der Waals surface area contributed by atoms with E-state index in [1.807, 2.05) is 67.6 Å². The number of benzene rings is 3.